The molecular weight excluding hydrogens is 490 g/mol. The summed E-state index contributed by atoms with van der Waals surface area (Å²) in [5.41, 5.74) is -1.99. The van der Waals surface area contributed by atoms with Crippen LogP contribution in [0.4, 0.5) is 26.3 Å². The summed E-state index contributed by atoms with van der Waals surface area (Å²) in [5.74, 6) is 0.465. The standard InChI is InChI=1S/C21H20F6N2O2S2/c1-13-19(32-10-9-28(2)3)17-12-15(21(25,26)27)7-8-18(17)29(13)33(30,31)16-6-4-5-14(11-16)20(22,23)24/h4-8,11-12H,9-10H2,1-3H3. The second-order valence-corrected chi connectivity index (χ2v) is 10.5. The minimum absolute atomic E-state index is 0.0368. The first-order chi connectivity index (χ1) is 15.1. The van der Waals surface area contributed by atoms with Gasteiger partial charge in [-0.2, -0.15) is 26.3 Å². The van der Waals surface area contributed by atoms with Crippen LogP contribution in [0, 0.1) is 6.92 Å². The molecular formula is C21H20F6N2O2S2. The Hall–Kier alpha value is -2.18. The van der Waals surface area contributed by atoms with Gasteiger partial charge in [-0.3, -0.25) is 0 Å². The van der Waals surface area contributed by atoms with Crippen molar-refractivity contribution in [2.24, 2.45) is 0 Å². The first kappa shape index (κ1) is 25.4. The number of rotatable bonds is 6. The van der Waals surface area contributed by atoms with Crippen LogP contribution in [-0.2, 0) is 22.4 Å². The van der Waals surface area contributed by atoms with Gasteiger partial charge in [-0.15, -0.1) is 11.8 Å². The average molecular weight is 511 g/mol. The highest BCUT2D eigenvalue weighted by Crippen LogP contribution is 2.40. The van der Waals surface area contributed by atoms with Crippen LogP contribution in [0.2, 0.25) is 0 Å². The molecule has 0 fully saturated rings. The van der Waals surface area contributed by atoms with Gasteiger partial charge in [0.2, 0.25) is 0 Å². The van der Waals surface area contributed by atoms with E-state index in [1.165, 1.54) is 18.7 Å². The molecule has 0 atom stereocenters. The summed E-state index contributed by atoms with van der Waals surface area (Å²) in [6, 6.07) is 5.93. The third-order valence-corrected chi connectivity index (χ3v) is 7.90. The van der Waals surface area contributed by atoms with E-state index < -0.39 is 38.4 Å². The predicted octanol–water partition coefficient (Wildman–Crippen LogP) is 5.88. The average Bonchev–Trinajstić information content (AvgIpc) is 2.98. The van der Waals surface area contributed by atoms with Gasteiger partial charge in [0.15, 0.2) is 0 Å². The molecule has 0 bridgehead atoms. The van der Waals surface area contributed by atoms with Crippen LogP contribution in [0.15, 0.2) is 52.3 Å². The number of aromatic nitrogens is 1. The number of hydrogen-bond donors (Lipinski definition) is 0. The molecule has 0 spiro atoms. The van der Waals surface area contributed by atoms with E-state index in [0.29, 0.717) is 23.3 Å². The Morgan fingerprint density at radius 2 is 1.55 bits per heavy atom. The number of hydrogen-bond acceptors (Lipinski definition) is 4. The van der Waals surface area contributed by atoms with Gasteiger partial charge in [0, 0.05) is 28.3 Å². The number of fused-ring (bicyclic) bond motifs is 1. The van der Waals surface area contributed by atoms with Gasteiger partial charge in [-0.1, -0.05) is 6.07 Å². The second-order valence-electron chi connectivity index (χ2n) is 7.59. The summed E-state index contributed by atoms with van der Waals surface area (Å²) in [4.78, 5) is 1.58. The van der Waals surface area contributed by atoms with E-state index in [1.807, 2.05) is 19.0 Å². The first-order valence-corrected chi connectivity index (χ1v) is 12.0. The molecule has 0 aliphatic rings. The van der Waals surface area contributed by atoms with Gasteiger partial charge >= 0.3 is 12.4 Å². The van der Waals surface area contributed by atoms with Gasteiger partial charge in [0.05, 0.1) is 21.5 Å². The summed E-state index contributed by atoms with van der Waals surface area (Å²) < 4.78 is 107. The molecule has 180 valence electrons. The Kier molecular flexibility index (Phi) is 6.84. The van der Waals surface area contributed by atoms with Crippen LogP contribution >= 0.6 is 11.8 Å². The molecule has 0 aliphatic heterocycles. The molecule has 33 heavy (non-hydrogen) atoms. The summed E-state index contributed by atoms with van der Waals surface area (Å²) in [7, 11) is -0.904. The fourth-order valence-electron chi connectivity index (χ4n) is 3.30. The summed E-state index contributed by atoms with van der Waals surface area (Å²) in [5, 5.41) is 0.0710. The zero-order chi connectivity index (χ0) is 24.8. The third-order valence-electron chi connectivity index (χ3n) is 4.91. The van der Waals surface area contributed by atoms with E-state index in [1.54, 1.807) is 0 Å². The van der Waals surface area contributed by atoms with Crippen LogP contribution < -0.4 is 0 Å². The smallest absolute Gasteiger partial charge is 0.309 e. The zero-order valence-corrected chi connectivity index (χ0v) is 19.4. The fourth-order valence-corrected chi connectivity index (χ4v) is 6.24. The van der Waals surface area contributed by atoms with Crippen molar-refractivity contribution in [1.29, 1.82) is 0 Å². The van der Waals surface area contributed by atoms with Gasteiger partial charge in [0.1, 0.15) is 0 Å². The number of nitrogens with zero attached hydrogens (tertiary/aromatic N) is 2. The maximum Gasteiger partial charge on any atom is 0.416 e. The molecule has 0 aliphatic carbocycles. The Morgan fingerprint density at radius 3 is 2.12 bits per heavy atom. The SMILES string of the molecule is Cc1c(SCCN(C)C)c2cc(C(F)(F)F)ccc2n1S(=O)(=O)c1cccc(C(F)(F)F)c1. The molecule has 0 unspecified atom stereocenters. The number of thioether (sulfide) groups is 1. The van der Waals surface area contributed by atoms with Crippen molar-refractivity contribution in [2.45, 2.75) is 29.1 Å². The van der Waals surface area contributed by atoms with Crippen molar-refractivity contribution in [2.75, 3.05) is 26.4 Å². The van der Waals surface area contributed by atoms with Gasteiger partial charge in [0.25, 0.3) is 10.0 Å². The van der Waals surface area contributed by atoms with Crippen molar-refractivity contribution in [1.82, 2.24) is 8.87 Å². The molecule has 0 saturated carbocycles. The molecule has 1 aromatic heterocycles. The Balaban J connectivity index is 2.25. The van der Waals surface area contributed by atoms with Crippen molar-refractivity contribution in [3.8, 4) is 0 Å². The first-order valence-electron chi connectivity index (χ1n) is 9.56. The lowest BCUT2D eigenvalue weighted by Gasteiger charge is -2.13. The fraction of sp³-hybridized carbons (Fsp3) is 0.333. The molecule has 4 nitrogen and oxygen atoms in total. The van der Waals surface area contributed by atoms with Crippen LogP contribution in [0.25, 0.3) is 10.9 Å². The number of alkyl halides is 6. The molecule has 12 heteroatoms. The monoisotopic (exact) mass is 510 g/mol. The molecule has 2 aromatic carbocycles. The van der Waals surface area contributed by atoms with Gasteiger partial charge in [-0.05, 0) is 57.4 Å². The maximum absolute atomic E-state index is 13.4. The zero-order valence-electron chi connectivity index (χ0n) is 17.8. The lowest BCUT2D eigenvalue weighted by Crippen LogP contribution is -2.16. The van der Waals surface area contributed by atoms with Crippen molar-refractivity contribution in [3.05, 3.63) is 59.3 Å². The van der Waals surface area contributed by atoms with E-state index >= 15 is 0 Å². The van der Waals surface area contributed by atoms with Crippen molar-refractivity contribution < 1.29 is 34.8 Å². The number of benzene rings is 2. The summed E-state index contributed by atoms with van der Waals surface area (Å²) >= 11 is 1.19. The highest BCUT2D eigenvalue weighted by Gasteiger charge is 2.34. The third kappa shape index (κ3) is 5.17. The van der Waals surface area contributed by atoms with E-state index in [4.69, 9.17) is 0 Å². The van der Waals surface area contributed by atoms with E-state index in [0.717, 1.165) is 40.4 Å². The van der Waals surface area contributed by atoms with E-state index in [9.17, 15) is 34.8 Å². The molecule has 0 saturated heterocycles. The van der Waals surface area contributed by atoms with Gasteiger partial charge in [-0.25, -0.2) is 12.4 Å². The molecule has 0 radical (unpaired) electrons. The van der Waals surface area contributed by atoms with E-state index in [2.05, 4.69) is 0 Å². The van der Waals surface area contributed by atoms with Crippen molar-refractivity contribution in [3.63, 3.8) is 0 Å². The van der Waals surface area contributed by atoms with E-state index in [-0.39, 0.29) is 16.6 Å². The summed E-state index contributed by atoms with van der Waals surface area (Å²) in [6.45, 7) is 2.01. The summed E-state index contributed by atoms with van der Waals surface area (Å²) in [6.07, 6.45) is -9.40. The Labute approximate surface area is 191 Å². The predicted molar refractivity (Wildman–Crippen MR) is 115 cm³/mol. The molecule has 0 N–H and O–H groups in total. The highest BCUT2D eigenvalue weighted by atomic mass is 32.2. The van der Waals surface area contributed by atoms with Crippen LogP contribution in [0.5, 0.6) is 0 Å². The Morgan fingerprint density at radius 1 is 0.939 bits per heavy atom. The second kappa shape index (κ2) is 8.88. The van der Waals surface area contributed by atoms with Crippen LogP contribution in [0.1, 0.15) is 16.8 Å². The number of halogens is 6. The maximum atomic E-state index is 13.4. The van der Waals surface area contributed by atoms with Crippen LogP contribution in [-0.4, -0.2) is 43.7 Å². The normalized spacial score (nSPS) is 13.3. The lowest BCUT2D eigenvalue weighted by atomic mass is 10.1. The quantitative estimate of drug-likeness (QED) is 0.307. The molecule has 3 aromatic rings. The molecule has 0 amide bonds. The van der Waals surface area contributed by atoms with Gasteiger partial charge < -0.3 is 4.90 Å². The minimum Gasteiger partial charge on any atom is -0.309 e. The topological polar surface area (TPSA) is 42.3 Å². The van der Waals surface area contributed by atoms with Crippen LogP contribution in [0.3, 0.4) is 0 Å². The Bertz CT molecular complexity index is 1280. The minimum atomic E-state index is -4.76. The van der Waals surface area contributed by atoms with Crippen molar-refractivity contribution >= 4 is 32.7 Å². The molecule has 1 heterocycles. The highest BCUT2D eigenvalue weighted by molar-refractivity contribution is 7.99. The lowest BCUT2D eigenvalue weighted by molar-refractivity contribution is -0.138. The molecule has 3 rings (SSSR count). The largest absolute Gasteiger partial charge is 0.416 e.